The summed E-state index contributed by atoms with van der Waals surface area (Å²) in [6.45, 7) is 1.63. The molecule has 0 aliphatic heterocycles. The van der Waals surface area contributed by atoms with Crippen LogP contribution in [0.15, 0.2) is 32.1 Å². The number of benzene rings is 1. The second kappa shape index (κ2) is 4.00. The highest BCUT2D eigenvalue weighted by atomic mass is 79.9. The topological polar surface area (TPSA) is 82.9 Å². The summed E-state index contributed by atoms with van der Waals surface area (Å²) in [6.07, 6.45) is 0. The lowest BCUT2D eigenvalue weighted by atomic mass is 10.2. The van der Waals surface area contributed by atoms with Crippen molar-refractivity contribution in [1.82, 2.24) is 0 Å². The van der Waals surface area contributed by atoms with Crippen LogP contribution in [0.25, 0.3) is 10.4 Å². The maximum absolute atomic E-state index is 11.4. The Morgan fingerprint density at radius 1 is 1.50 bits per heavy atom. The van der Waals surface area contributed by atoms with E-state index in [9.17, 15) is 8.42 Å². The van der Waals surface area contributed by atoms with Gasteiger partial charge < -0.3 is 0 Å². The van der Waals surface area contributed by atoms with Crippen molar-refractivity contribution in [2.75, 3.05) is 0 Å². The molecule has 0 N–H and O–H groups in total. The van der Waals surface area contributed by atoms with Gasteiger partial charge in [-0.2, -0.15) is 0 Å². The standard InChI is InChI=1S/C7H6BrN3O2S/c1-5-2-3-6(8)4-7(5)14(12,13)11-10-9/h2-4H,1H3. The Morgan fingerprint density at radius 2 is 2.14 bits per heavy atom. The van der Waals surface area contributed by atoms with Crippen LogP contribution in [-0.2, 0) is 10.0 Å². The van der Waals surface area contributed by atoms with Crippen molar-refractivity contribution in [3.05, 3.63) is 38.7 Å². The quantitative estimate of drug-likeness (QED) is 0.472. The maximum Gasteiger partial charge on any atom is 0.264 e. The molecule has 5 nitrogen and oxygen atoms in total. The van der Waals surface area contributed by atoms with Crippen molar-refractivity contribution in [3.8, 4) is 0 Å². The Hall–Kier alpha value is -1.04. The molecule has 0 amide bonds. The van der Waals surface area contributed by atoms with Crippen LogP contribution in [-0.4, -0.2) is 8.42 Å². The Morgan fingerprint density at radius 3 is 2.71 bits per heavy atom. The second-order valence-electron chi connectivity index (χ2n) is 2.56. The molecular weight excluding hydrogens is 270 g/mol. The first-order chi connectivity index (χ1) is 6.47. The minimum atomic E-state index is -3.89. The van der Waals surface area contributed by atoms with Crippen LogP contribution in [0, 0.1) is 6.92 Å². The Kier molecular flexibility index (Phi) is 3.15. The molecule has 0 fully saturated rings. The van der Waals surface area contributed by atoms with Gasteiger partial charge in [-0.3, -0.25) is 0 Å². The van der Waals surface area contributed by atoms with Crippen molar-refractivity contribution < 1.29 is 8.42 Å². The van der Waals surface area contributed by atoms with Crippen LogP contribution in [0.3, 0.4) is 0 Å². The predicted octanol–water partition coefficient (Wildman–Crippen LogP) is 2.76. The number of aryl methyl sites for hydroxylation is 1. The normalized spacial score (nSPS) is 10.7. The van der Waals surface area contributed by atoms with Gasteiger partial charge in [-0.1, -0.05) is 22.0 Å². The van der Waals surface area contributed by atoms with Crippen molar-refractivity contribution in [1.29, 1.82) is 0 Å². The summed E-state index contributed by atoms with van der Waals surface area (Å²) in [5, 5.41) is 0. The van der Waals surface area contributed by atoms with E-state index in [1.165, 1.54) is 6.07 Å². The smallest absolute Gasteiger partial charge is 0.216 e. The van der Waals surface area contributed by atoms with E-state index in [1.54, 1.807) is 19.1 Å². The van der Waals surface area contributed by atoms with Gasteiger partial charge in [-0.25, -0.2) is 8.42 Å². The summed E-state index contributed by atoms with van der Waals surface area (Å²) >= 11 is 3.14. The largest absolute Gasteiger partial charge is 0.264 e. The molecule has 0 heterocycles. The summed E-state index contributed by atoms with van der Waals surface area (Å²) in [6, 6.07) is 4.74. The molecule has 0 saturated carbocycles. The minimum absolute atomic E-state index is 0.0182. The Bertz CT molecular complexity index is 506. The zero-order valence-corrected chi connectivity index (χ0v) is 9.58. The van der Waals surface area contributed by atoms with Crippen LogP contribution >= 0.6 is 15.9 Å². The van der Waals surface area contributed by atoms with Crippen LogP contribution < -0.4 is 0 Å². The van der Waals surface area contributed by atoms with E-state index in [0.29, 0.717) is 10.0 Å². The van der Waals surface area contributed by atoms with E-state index in [-0.39, 0.29) is 4.90 Å². The number of hydrogen-bond acceptors (Lipinski definition) is 2. The first-order valence-corrected chi connectivity index (χ1v) is 5.78. The number of nitrogens with zero attached hydrogens (tertiary/aromatic N) is 3. The molecule has 7 heteroatoms. The van der Waals surface area contributed by atoms with Gasteiger partial charge in [0.2, 0.25) is 0 Å². The highest BCUT2D eigenvalue weighted by Crippen LogP contribution is 2.22. The molecule has 0 spiro atoms. The van der Waals surface area contributed by atoms with Crippen molar-refractivity contribution in [3.63, 3.8) is 0 Å². The molecule has 0 radical (unpaired) electrons. The van der Waals surface area contributed by atoms with Crippen LogP contribution in [0.5, 0.6) is 0 Å². The number of halogens is 1. The third kappa shape index (κ3) is 2.25. The molecule has 1 aromatic carbocycles. The number of azide groups is 1. The van der Waals surface area contributed by atoms with Gasteiger partial charge in [0.1, 0.15) is 0 Å². The average Bonchev–Trinajstić information content (AvgIpc) is 2.09. The fourth-order valence-electron chi connectivity index (χ4n) is 0.944. The molecule has 74 valence electrons. The number of rotatable bonds is 2. The predicted molar refractivity (Wildman–Crippen MR) is 55.2 cm³/mol. The SMILES string of the molecule is Cc1ccc(Br)cc1S(=O)(=O)N=[N+]=[N-]. The Balaban J connectivity index is 3.46. The molecule has 0 unspecified atom stereocenters. The van der Waals surface area contributed by atoms with Gasteiger partial charge in [-0.15, -0.1) is 0 Å². The lowest BCUT2D eigenvalue weighted by molar-refractivity contribution is 0.597. The van der Waals surface area contributed by atoms with E-state index in [4.69, 9.17) is 5.53 Å². The van der Waals surface area contributed by atoms with Gasteiger partial charge in [-0.05, 0) is 30.2 Å². The Labute approximate surface area is 89.6 Å². The second-order valence-corrected chi connectivity index (χ2v) is 5.02. The van der Waals surface area contributed by atoms with E-state index >= 15 is 0 Å². The summed E-state index contributed by atoms with van der Waals surface area (Å²) < 4.78 is 26.1. The molecule has 14 heavy (non-hydrogen) atoms. The van der Waals surface area contributed by atoms with Crippen LogP contribution in [0.2, 0.25) is 0 Å². The summed E-state index contributed by atoms with van der Waals surface area (Å²) in [4.78, 5) is 2.29. The summed E-state index contributed by atoms with van der Waals surface area (Å²) in [7, 11) is -3.89. The number of sulfonamides is 1. The van der Waals surface area contributed by atoms with Gasteiger partial charge >= 0.3 is 0 Å². The summed E-state index contributed by atoms with van der Waals surface area (Å²) in [5.74, 6) is 0. The van der Waals surface area contributed by atoms with E-state index in [1.807, 2.05) is 0 Å². The van der Waals surface area contributed by atoms with Gasteiger partial charge in [0.05, 0.1) is 4.90 Å². The zero-order valence-electron chi connectivity index (χ0n) is 7.18. The highest BCUT2D eigenvalue weighted by molar-refractivity contribution is 9.10. The van der Waals surface area contributed by atoms with Gasteiger partial charge in [0.25, 0.3) is 10.0 Å². The summed E-state index contributed by atoms with van der Waals surface area (Å²) in [5.41, 5.74) is 8.63. The van der Waals surface area contributed by atoms with E-state index < -0.39 is 10.0 Å². The third-order valence-electron chi connectivity index (χ3n) is 1.57. The van der Waals surface area contributed by atoms with Crippen molar-refractivity contribution in [2.45, 2.75) is 11.8 Å². The monoisotopic (exact) mass is 275 g/mol. The van der Waals surface area contributed by atoms with Crippen LogP contribution in [0.1, 0.15) is 5.56 Å². The zero-order chi connectivity index (χ0) is 10.8. The van der Waals surface area contributed by atoms with Gasteiger partial charge in [0, 0.05) is 13.9 Å². The molecule has 0 atom stereocenters. The van der Waals surface area contributed by atoms with Crippen molar-refractivity contribution >= 4 is 26.0 Å². The molecule has 0 saturated heterocycles. The molecule has 0 aromatic heterocycles. The lowest BCUT2D eigenvalue weighted by Gasteiger charge is -2.02. The average molecular weight is 276 g/mol. The first kappa shape index (κ1) is 11.0. The third-order valence-corrected chi connectivity index (χ3v) is 3.35. The van der Waals surface area contributed by atoms with E-state index in [2.05, 4.69) is 25.4 Å². The molecule has 0 bridgehead atoms. The molecule has 0 aliphatic carbocycles. The highest BCUT2D eigenvalue weighted by Gasteiger charge is 2.14. The lowest BCUT2D eigenvalue weighted by Crippen LogP contribution is -1.98. The van der Waals surface area contributed by atoms with Gasteiger partial charge in [0.15, 0.2) is 0 Å². The minimum Gasteiger partial charge on any atom is -0.216 e. The van der Waals surface area contributed by atoms with Crippen molar-refractivity contribution in [2.24, 2.45) is 4.52 Å². The molecule has 0 aliphatic rings. The molecular formula is C7H6BrN3O2S. The fraction of sp³-hybridized carbons (Fsp3) is 0.143. The van der Waals surface area contributed by atoms with E-state index in [0.717, 1.165) is 0 Å². The fourth-order valence-corrected chi connectivity index (χ4v) is 2.39. The van der Waals surface area contributed by atoms with Crippen LogP contribution in [0.4, 0.5) is 0 Å². The molecule has 1 aromatic rings. The first-order valence-electron chi connectivity index (χ1n) is 3.55. The maximum atomic E-state index is 11.4. The molecule has 1 rings (SSSR count). The number of hydrogen-bond donors (Lipinski definition) is 0.